The second-order valence-electron chi connectivity index (χ2n) is 4.22. The van der Waals surface area contributed by atoms with Crippen LogP contribution < -0.4 is 9.47 Å². The minimum atomic E-state index is -0.274. The Hall–Kier alpha value is -1.71. The molecule has 1 aromatic carbocycles. The van der Waals surface area contributed by atoms with Gasteiger partial charge in [0.1, 0.15) is 11.5 Å². The highest BCUT2D eigenvalue weighted by atomic mass is 16.5. The van der Waals surface area contributed by atoms with Gasteiger partial charge in [-0.05, 0) is 18.9 Å². The van der Waals surface area contributed by atoms with E-state index in [1.54, 1.807) is 0 Å². The van der Waals surface area contributed by atoms with Crippen molar-refractivity contribution >= 4 is 5.97 Å². The maximum absolute atomic E-state index is 11.4. The van der Waals surface area contributed by atoms with Gasteiger partial charge in [0.2, 0.25) is 0 Å². The van der Waals surface area contributed by atoms with E-state index in [4.69, 9.17) is 9.47 Å². The van der Waals surface area contributed by atoms with Gasteiger partial charge in [0, 0.05) is 11.6 Å². The minimum Gasteiger partial charge on any atom is -0.493 e. The van der Waals surface area contributed by atoms with Gasteiger partial charge in [0.05, 0.1) is 26.7 Å². The lowest BCUT2D eigenvalue weighted by Gasteiger charge is -2.13. The zero-order valence-electron chi connectivity index (χ0n) is 11.9. The molecule has 0 amide bonds. The van der Waals surface area contributed by atoms with Gasteiger partial charge in [0.25, 0.3) is 0 Å². The average molecular weight is 266 g/mol. The SMILES string of the molecule is CCCOc1ccc(CC(=O)OC)c(OCCC)c1. The molecule has 0 fully saturated rings. The van der Waals surface area contributed by atoms with Gasteiger partial charge in [-0.2, -0.15) is 0 Å². The number of hydrogen-bond donors (Lipinski definition) is 0. The Balaban J connectivity index is 2.85. The highest BCUT2D eigenvalue weighted by Gasteiger charge is 2.10. The van der Waals surface area contributed by atoms with Crippen molar-refractivity contribution in [2.75, 3.05) is 20.3 Å². The second-order valence-corrected chi connectivity index (χ2v) is 4.22. The van der Waals surface area contributed by atoms with Crippen LogP contribution in [0.3, 0.4) is 0 Å². The van der Waals surface area contributed by atoms with Gasteiger partial charge in [0.15, 0.2) is 0 Å². The summed E-state index contributed by atoms with van der Waals surface area (Å²) in [6.45, 7) is 5.38. The fourth-order valence-electron chi connectivity index (χ4n) is 1.56. The molecule has 0 aliphatic rings. The predicted molar refractivity (Wildman–Crippen MR) is 73.7 cm³/mol. The van der Waals surface area contributed by atoms with Crippen molar-refractivity contribution in [3.8, 4) is 11.5 Å². The molecular weight excluding hydrogens is 244 g/mol. The normalized spacial score (nSPS) is 10.1. The van der Waals surface area contributed by atoms with E-state index in [0.29, 0.717) is 19.0 Å². The Morgan fingerprint density at radius 3 is 2.42 bits per heavy atom. The molecule has 0 aliphatic heterocycles. The topological polar surface area (TPSA) is 44.8 Å². The molecular formula is C15H22O4. The van der Waals surface area contributed by atoms with E-state index in [1.807, 2.05) is 25.1 Å². The van der Waals surface area contributed by atoms with Crippen LogP contribution in [0.4, 0.5) is 0 Å². The molecule has 0 aromatic heterocycles. The van der Waals surface area contributed by atoms with Crippen LogP contribution in [0.2, 0.25) is 0 Å². The molecule has 4 nitrogen and oxygen atoms in total. The molecule has 1 aromatic rings. The molecule has 0 N–H and O–H groups in total. The smallest absolute Gasteiger partial charge is 0.310 e. The van der Waals surface area contributed by atoms with Crippen molar-refractivity contribution in [2.45, 2.75) is 33.1 Å². The number of methoxy groups -OCH3 is 1. The molecule has 1 rings (SSSR count). The molecule has 0 radical (unpaired) electrons. The zero-order valence-corrected chi connectivity index (χ0v) is 11.9. The first-order valence-corrected chi connectivity index (χ1v) is 6.66. The van der Waals surface area contributed by atoms with Crippen LogP contribution in [-0.2, 0) is 16.0 Å². The van der Waals surface area contributed by atoms with E-state index in [9.17, 15) is 4.79 Å². The Morgan fingerprint density at radius 2 is 1.79 bits per heavy atom. The fraction of sp³-hybridized carbons (Fsp3) is 0.533. The second kappa shape index (κ2) is 8.40. The molecule has 0 saturated carbocycles. The largest absolute Gasteiger partial charge is 0.493 e. The third-order valence-electron chi connectivity index (χ3n) is 2.54. The summed E-state index contributed by atoms with van der Waals surface area (Å²) in [5, 5.41) is 0. The number of hydrogen-bond acceptors (Lipinski definition) is 4. The van der Waals surface area contributed by atoms with Gasteiger partial charge in [-0.3, -0.25) is 4.79 Å². The number of carbonyl (C=O) groups excluding carboxylic acids is 1. The van der Waals surface area contributed by atoms with Crippen LogP contribution >= 0.6 is 0 Å². The highest BCUT2D eigenvalue weighted by Crippen LogP contribution is 2.26. The molecule has 0 atom stereocenters. The van der Waals surface area contributed by atoms with E-state index in [-0.39, 0.29) is 12.4 Å². The van der Waals surface area contributed by atoms with Crippen molar-refractivity contribution in [1.29, 1.82) is 0 Å². The van der Waals surface area contributed by atoms with Gasteiger partial charge < -0.3 is 14.2 Å². The monoisotopic (exact) mass is 266 g/mol. The van der Waals surface area contributed by atoms with Crippen molar-refractivity contribution < 1.29 is 19.0 Å². The number of esters is 1. The number of ether oxygens (including phenoxy) is 3. The Kier molecular flexibility index (Phi) is 6.79. The lowest BCUT2D eigenvalue weighted by Crippen LogP contribution is -2.07. The predicted octanol–water partition coefficient (Wildman–Crippen LogP) is 2.98. The maximum atomic E-state index is 11.4. The summed E-state index contributed by atoms with van der Waals surface area (Å²) in [5.41, 5.74) is 0.823. The Morgan fingerprint density at radius 1 is 1.11 bits per heavy atom. The van der Waals surface area contributed by atoms with Crippen LogP contribution in [-0.4, -0.2) is 26.3 Å². The minimum absolute atomic E-state index is 0.212. The standard InChI is InChI=1S/C15H22O4/c1-4-8-18-13-7-6-12(10-15(16)17-3)14(11-13)19-9-5-2/h6-7,11H,4-5,8-10H2,1-3H3. The average Bonchev–Trinajstić information content (AvgIpc) is 2.44. The van der Waals surface area contributed by atoms with Crippen LogP contribution in [0.5, 0.6) is 11.5 Å². The van der Waals surface area contributed by atoms with Crippen molar-refractivity contribution in [3.05, 3.63) is 23.8 Å². The van der Waals surface area contributed by atoms with Crippen LogP contribution in [0.1, 0.15) is 32.3 Å². The third kappa shape index (κ3) is 5.20. The van der Waals surface area contributed by atoms with Gasteiger partial charge in [-0.25, -0.2) is 0 Å². The van der Waals surface area contributed by atoms with E-state index in [0.717, 1.165) is 24.2 Å². The van der Waals surface area contributed by atoms with Crippen molar-refractivity contribution in [2.24, 2.45) is 0 Å². The fourth-order valence-corrected chi connectivity index (χ4v) is 1.56. The summed E-state index contributed by atoms with van der Waals surface area (Å²) in [4.78, 5) is 11.4. The zero-order chi connectivity index (χ0) is 14.1. The molecule has 0 saturated heterocycles. The molecule has 19 heavy (non-hydrogen) atoms. The summed E-state index contributed by atoms with van der Waals surface area (Å²) in [6, 6.07) is 5.54. The Bertz CT molecular complexity index is 401. The van der Waals surface area contributed by atoms with Crippen LogP contribution in [0, 0.1) is 0 Å². The quantitative estimate of drug-likeness (QED) is 0.679. The van der Waals surface area contributed by atoms with Crippen molar-refractivity contribution in [3.63, 3.8) is 0 Å². The van der Waals surface area contributed by atoms with Gasteiger partial charge in [-0.1, -0.05) is 19.9 Å². The summed E-state index contributed by atoms with van der Waals surface area (Å²) in [6.07, 6.45) is 2.08. The maximum Gasteiger partial charge on any atom is 0.310 e. The van der Waals surface area contributed by atoms with Gasteiger partial charge in [-0.15, -0.1) is 0 Å². The molecule has 0 aliphatic carbocycles. The summed E-state index contributed by atoms with van der Waals surface area (Å²) < 4.78 is 15.9. The van der Waals surface area contributed by atoms with E-state index >= 15 is 0 Å². The summed E-state index contributed by atoms with van der Waals surface area (Å²) in [5.74, 6) is 1.19. The highest BCUT2D eigenvalue weighted by molar-refractivity contribution is 5.73. The lowest BCUT2D eigenvalue weighted by atomic mass is 10.1. The number of rotatable bonds is 8. The molecule has 0 spiro atoms. The molecule has 4 heteroatoms. The first kappa shape index (κ1) is 15.3. The third-order valence-corrected chi connectivity index (χ3v) is 2.54. The van der Waals surface area contributed by atoms with Crippen molar-refractivity contribution in [1.82, 2.24) is 0 Å². The number of carbonyl (C=O) groups is 1. The van der Waals surface area contributed by atoms with E-state index in [1.165, 1.54) is 7.11 Å². The number of benzene rings is 1. The van der Waals surface area contributed by atoms with E-state index in [2.05, 4.69) is 11.7 Å². The Labute approximate surface area is 114 Å². The molecule has 0 unspecified atom stereocenters. The first-order chi connectivity index (χ1) is 9.21. The summed E-state index contributed by atoms with van der Waals surface area (Å²) in [7, 11) is 1.38. The van der Waals surface area contributed by atoms with E-state index < -0.39 is 0 Å². The molecule has 0 heterocycles. The first-order valence-electron chi connectivity index (χ1n) is 6.66. The lowest BCUT2D eigenvalue weighted by molar-refractivity contribution is -0.139. The van der Waals surface area contributed by atoms with Crippen LogP contribution in [0.15, 0.2) is 18.2 Å². The van der Waals surface area contributed by atoms with Crippen LogP contribution in [0.25, 0.3) is 0 Å². The molecule has 106 valence electrons. The van der Waals surface area contributed by atoms with Gasteiger partial charge >= 0.3 is 5.97 Å². The summed E-state index contributed by atoms with van der Waals surface area (Å²) >= 11 is 0. The molecule has 0 bridgehead atoms.